The van der Waals surface area contributed by atoms with E-state index in [2.05, 4.69) is 10.6 Å². The molecule has 0 aromatic heterocycles. The minimum absolute atomic E-state index is 0.146. The van der Waals surface area contributed by atoms with E-state index in [1.165, 1.54) is 12.1 Å². The lowest BCUT2D eigenvalue weighted by atomic mass is 9.92. The van der Waals surface area contributed by atoms with Crippen LogP contribution < -0.4 is 10.6 Å². The largest absolute Gasteiger partial charge is 0.480 e. The van der Waals surface area contributed by atoms with Crippen LogP contribution >= 0.6 is 23.4 Å². The van der Waals surface area contributed by atoms with E-state index in [4.69, 9.17) is 11.6 Å². The molecule has 0 radical (unpaired) electrons. The summed E-state index contributed by atoms with van der Waals surface area (Å²) in [5.74, 6) is -0.186. The van der Waals surface area contributed by atoms with Crippen molar-refractivity contribution in [2.75, 3.05) is 16.8 Å². The van der Waals surface area contributed by atoms with Crippen LogP contribution in [-0.2, 0) is 9.59 Å². The van der Waals surface area contributed by atoms with Crippen LogP contribution in [-0.4, -0.2) is 39.9 Å². The predicted molar refractivity (Wildman–Crippen MR) is 104 cm³/mol. The molecule has 0 spiro atoms. The predicted octanol–water partition coefficient (Wildman–Crippen LogP) is 3.40. The van der Waals surface area contributed by atoms with Gasteiger partial charge in [-0.15, -0.1) is 0 Å². The summed E-state index contributed by atoms with van der Waals surface area (Å²) in [6, 6.07) is 4.61. The number of hydrogen-bond donors (Lipinski definition) is 3. The number of amides is 2. The monoisotopic (exact) mass is 398 g/mol. The molecule has 1 saturated heterocycles. The number of carboxylic acid groups (broad SMARTS) is 1. The summed E-state index contributed by atoms with van der Waals surface area (Å²) in [6.45, 7) is 3.88. The second-order valence-electron chi connectivity index (χ2n) is 6.79. The van der Waals surface area contributed by atoms with E-state index >= 15 is 0 Å². The van der Waals surface area contributed by atoms with Gasteiger partial charge >= 0.3 is 5.97 Å². The Kier molecular flexibility index (Phi) is 6.94. The van der Waals surface area contributed by atoms with Crippen molar-refractivity contribution in [1.82, 2.24) is 5.32 Å². The number of carbonyl (C=O) groups is 3. The SMILES string of the molecule is CC(C)CC(=O)Nc1ccc(Cl)c(C(=O)NC2(C(=O)O)CCSCC2)c1. The molecule has 2 rings (SSSR count). The van der Waals surface area contributed by atoms with E-state index in [0.29, 0.717) is 36.5 Å². The summed E-state index contributed by atoms with van der Waals surface area (Å²) >= 11 is 7.80. The number of nitrogens with one attached hydrogen (secondary N) is 2. The molecule has 3 N–H and O–H groups in total. The summed E-state index contributed by atoms with van der Waals surface area (Å²) in [5.41, 5.74) is -0.676. The molecule has 1 heterocycles. The van der Waals surface area contributed by atoms with Gasteiger partial charge in [0.1, 0.15) is 5.54 Å². The average molecular weight is 399 g/mol. The van der Waals surface area contributed by atoms with Crippen LogP contribution in [0.3, 0.4) is 0 Å². The Hall–Kier alpha value is -1.73. The zero-order valence-electron chi connectivity index (χ0n) is 14.8. The first kappa shape index (κ1) is 20.6. The highest BCUT2D eigenvalue weighted by Crippen LogP contribution is 2.29. The molecule has 0 unspecified atom stereocenters. The third-order valence-electron chi connectivity index (χ3n) is 4.20. The van der Waals surface area contributed by atoms with Crippen LogP contribution in [0.4, 0.5) is 5.69 Å². The van der Waals surface area contributed by atoms with Crippen molar-refractivity contribution in [3.8, 4) is 0 Å². The third kappa shape index (κ3) is 5.14. The normalized spacial score (nSPS) is 16.2. The first-order valence-corrected chi connectivity index (χ1v) is 10.00. The van der Waals surface area contributed by atoms with Crippen molar-refractivity contribution in [3.05, 3.63) is 28.8 Å². The molecule has 1 aliphatic rings. The lowest BCUT2D eigenvalue weighted by Gasteiger charge is -2.33. The van der Waals surface area contributed by atoms with Gasteiger partial charge in [0.05, 0.1) is 10.6 Å². The molecule has 1 fully saturated rings. The van der Waals surface area contributed by atoms with Gasteiger partial charge in [0.2, 0.25) is 5.91 Å². The highest BCUT2D eigenvalue weighted by atomic mass is 35.5. The number of carbonyl (C=O) groups excluding carboxylic acids is 2. The van der Waals surface area contributed by atoms with Crippen molar-refractivity contribution in [2.24, 2.45) is 5.92 Å². The number of hydrogen-bond acceptors (Lipinski definition) is 4. The minimum Gasteiger partial charge on any atom is -0.480 e. The molecule has 1 aliphatic heterocycles. The van der Waals surface area contributed by atoms with Crippen LogP contribution in [0.15, 0.2) is 18.2 Å². The Bertz CT molecular complexity index is 702. The summed E-state index contributed by atoms with van der Waals surface area (Å²) in [6.07, 6.45) is 1.09. The van der Waals surface area contributed by atoms with E-state index in [1.54, 1.807) is 17.8 Å². The number of aliphatic carboxylic acids is 1. The molecular formula is C18H23ClN2O4S. The highest BCUT2D eigenvalue weighted by Gasteiger charge is 2.41. The third-order valence-corrected chi connectivity index (χ3v) is 5.51. The average Bonchev–Trinajstić information content (AvgIpc) is 2.56. The van der Waals surface area contributed by atoms with E-state index in [-0.39, 0.29) is 22.4 Å². The Morgan fingerprint density at radius 1 is 1.27 bits per heavy atom. The zero-order valence-corrected chi connectivity index (χ0v) is 16.4. The summed E-state index contributed by atoms with van der Waals surface area (Å²) in [7, 11) is 0. The van der Waals surface area contributed by atoms with Crippen LogP contribution in [0.2, 0.25) is 5.02 Å². The molecule has 0 atom stereocenters. The van der Waals surface area contributed by atoms with Gasteiger partial charge < -0.3 is 15.7 Å². The lowest BCUT2D eigenvalue weighted by Crippen LogP contribution is -2.56. The number of anilines is 1. The fourth-order valence-electron chi connectivity index (χ4n) is 2.76. The Morgan fingerprint density at radius 2 is 1.92 bits per heavy atom. The maximum Gasteiger partial charge on any atom is 0.329 e. The molecule has 8 heteroatoms. The maximum absolute atomic E-state index is 12.7. The molecule has 0 aliphatic carbocycles. The highest BCUT2D eigenvalue weighted by molar-refractivity contribution is 7.99. The van der Waals surface area contributed by atoms with E-state index in [9.17, 15) is 19.5 Å². The van der Waals surface area contributed by atoms with Gasteiger partial charge in [0, 0.05) is 12.1 Å². The molecule has 6 nitrogen and oxygen atoms in total. The van der Waals surface area contributed by atoms with Crippen LogP contribution in [0.25, 0.3) is 0 Å². The van der Waals surface area contributed by atoms with Gasteiger partial charge in [-0.3, -0.25) is 9.59 Å². The van der Waals surface area contributed by atoms with Gasteiger partial charge in [0.25, 0.3) is 5.91 Å². The maximum atomic E-state index is 12.7. The van der Waals surface area contributed by atoms with Crippen molar-refractivity contribution in [2.45, 2.75) is 38.6 Å². The van der Waals surface area contributed by atoms with Gasteiger partial charge in [0.15, 0.2) is 0 Å². The van der Waals surface area contributed by atoms with Gasteiger partial charge in [-0.25, -0.2) is 4.79 Å². The van der Waals surface area contributed by atoms with Crippen LogP contribution in [0.1, 0.15) is 43.5 Å². The summed E-state index contributed by atoms with van der Waals surface area (Å²) in [4.78, 5) is 36.3. The second-order valence-corrected chi connectivity index (χ2v) is 8.43. The number of benzene rings is 1. The number of halogens is 1. The molecule has 0 saturated carbocycles. The van der Waals surface area contributed by atoms with Gasteiger partial charge in [-0.2, -0.15) is 11.8 Å². The number of rotatable bonds is 6. The Balaban J connectivity index is 2.18. The Morgan fingerprint density at radius 3 is 2.50 bits per heavy atom. The smallest absolute Gasteiger partial charge is 0.329 e. The minimum atomic E-state index is -1.28. The lowest BCUT2D eigenvalue weighted by molar-refractivity contribution is -0.144. The quantitative estimate of drug-likeness (QED) is 0.682. The zero-order chi connectivity index (χ0) is 19.3. The number of thioether (sulfide) groups is 1. The fourth-order valence-corrected chi connectivity index (χ4v) is 4.15. The van der Waals surface area contributed by atoms with Crippen LogP contribution in [0, 0.1) is 5.92 Å². The topological polar surface area (TPSA) is 95.5 Å². The molecular weight excluding hydrogens is 376 g/mol. The molecule has 1 aromatic rings. The number of carboxylic acids is 1. The standard InChI is InChI=1S/C18H23ClN2O4S/c1-11(2)9-15(22)20-12-3-4-14(19)13(10-12)16(23)21-18(17(24)25)5-7-26-8-6-18/h3-4,10-11H,5-9H2,1-2H3,(H,20,22)(H,21,23)(H,24,25). The summed E-state index contributed by atoms with van der Waals surface area (Å²) < 4.78 is 0. The van der Waals surface area contributed by atoms with E-state index in [0.717, 1.165) is 0 Å². The Labute approximate surface area is 162 Å². The molecule has 26 heavy (non-hydrogen) atoms. The van der Waals surface area contributed by atoms with E-state index < -0.39 is 17.4 Å². The van der Waals surface area contributed by atoms with Crippen molar-refractivity contribution >= 4 is 46.8 Å². The van der Waals surface area contributed by atoms with Crippen molar-refractivity contribution < 1.29 is 19.5 Å². The molecule has 2 amide bonds. The van der Waals surface area contributed by atoms with E-state index in [1.807, 2.05) is 13.8 Å². The first-order chi connectivity index (χ1) is 12.2. The second kappa shape index (κ2) is 8.77. The fraction of sp³-hybridized carbons (Fsp3) is 0.500. The van der Waals surface area contributed by atoms with Crippen molar-refractivity contribution in [3.63, 3.8) is 0 Å². The molecule has 1 aromatic carbocycles. The first-order valence-electron chi connectivity index (χ1n) is 8.46. The summed E-state index contributed by atoms with van der Waals surface area (Å²) in [5, 5.41) is 15.2. The van der Waals surface area contributed by atoms with Gasteiger partial charge in [-0.05, 0) is 48.5 Å². The van der Waals surface area contributed by atoms with Crippen LogP contribution in [0.5, 0.6) is 0 Å². The van der Waals surface area contributed by atoms with Gasteiger partial charge in [-0.1, -0.05) is 25.4 Å². The molecule has 142 valence electrons. The molecule has 0 bridgehead atoms. The van der Waals surface area contributed by atoms with Crippen molar-refractivity contribution in [1.29, 1.82) is 0 Å².